The van der Waals surface area contributed by atoms with Gasteiger partial charge in [0.15, 0.2) is 5.78 Å². The molecule has 0 aromatic heterocycles. The molecule has 0 aliphatic heterocycles. The Balaban J connectivity index is 2.47. The molecule has 0 aliphatic carbocycles. The van der Waals surface area contributed by atoms with Gasteiger partial charge in [0.1, 0.15) is 0 Å². The molecule has 1 aromatic rings. The highest BCUT2D eigenvalue weighted by Gasteiger charge is 2.10. The minimum absolute atomic E-state index is 0.00128. The van der Waals surface area contributed by atoms with Gasteiger partial charge in [-0.15, -0.1) is 11.8 Å². The van der Waals surface area contributed by atoms with Crippen molar-refractivity contribution in [1.29, 1.82) is 0 Å². The van der Waals surface area contributed by atoms with E-state index >= 15 is 0 Å². The van der Waals surface area contributed by atoms with E-state index in [1.54, 1.807) is 6.07 Å². The molecule has 0 fully saturated rings. The maximum absolute atomic E-state index is 11.7. The Morgan fingerprint density at radius 3 is 2.62 bits per heavy atom. The number of carbonyl (C=O) groups is 2. The van der Waals surface area contributed by atoms with Crippen LogP contribution in [0.5, 0.6) is 0 Å². The van der Waals surface area contributed by atoms with Crippen LogP contribution in [0.4, 0.5) is 0 Å². The fourth-order valence-electron chi connectivity index (χ4n) is 1.05. The number of ether oxygens (including phenoxy) is 1. The molecule has 0 spiro atoms. The Kier molecular flexibility index (Phi) is 5.55. The zero-order chi connectivity index (χ0) is 12.0. The summed E-state index contributed by atoms with van der Waals surface area (Å²) in [5, 5.41) is 0. The van der Waals surface area contributed by atoms with Crippen LogP contribution in [0.2, 0.25) is 0 Å². The lowest BCUT2D eigenvalue weighted by Gasteiger charge is -2.02. The number of rotatable bonds is 5. The monoisotopic (exact) mass is 302 g/mol. The average molecular weight is 303 g/mol. The number of carbonyl (C=O) groups excluding carboxylic acids is 2. The molecule has 0 amide bonds. The standard InChI is InChI=1S/C11H11BrO3S/c1-15-11(14)7-16-6-10(13)8-4-2-3-5-9(8)12/h2-5H,6-7H2,1H3. The van der Waals surface area contributed by atoms with Gasteiger partial charge < -0.3 is 4.74 Å². The quantitative estimate of drug-likeness (QED) is 0.619. The van der Waals surface area contributed by atoms with Crippen molar-refractivity contribution in [3.8, 4) is 0 Å². The summed E-state index contributed by atoms with van der Waals surface area (Å²) in [6.07, 6.45) is 0. The van der Waals surface area contributed by atoms with Crippen LogP contribution in [0, 0.1) is 0 Å². The maximum Gasteiger partial charge on any atom is 0.315 e. The number of Topliss-reactive ketones (excluding diaryl/α,β-unsaturated/α-hetero) is 1. The van der Waals surface area contributed by atoms with E-state index in [0.717, 1.165) is 4.47 Å². The van der Waals surface area contributed by atoms with Gasteiger partial charge in [-0.25, -0.2) is 0 Å². The van der Waals surface area contributed by atoms with Crippen molar-refractivity contribution >= 4 is 39.4 Å². The van der Waals surface area contributed by atoms with Crippen molar-refractivity contribution < 1.29 is 14.3 Å². The second kappa shape index (κ2) is 6.70. The van der Waals surface area contributed by atoms with Gasteiger partial charge in [0.2, 0.25) is 0 Å². The van der Waals surface area contributed by atoms with Crippen molar-refractivity contribution in [3.63, 3.8) is 0 Å². The predicted octanol–water partition coefficient (Wildman–Crippen LogP) is 2.54. The summed E-state index contributed by atoms with van der Waals surface area (Å²) < 4.78 is 5.26. The molecule has 3 nitrogen and oxygen atoms in total. The molecular weight excluding hydrogens is 292 g/mol. The fourth-order valence-corrected chi connectivity index (χ4v) is 2.28. The molecule has 0 heterocycles. The Morgan fingerprint density at radius 1 is 1.31 bits per heavy atom. The topological polar surface area (TPSA) is 43.4 Å². The van der Waals surface area contributed by atoms with Crippen molar-refractivity contribution in [3.05, 3.63) is 34.3 Å². The number of hydrogen-bond acceptors (Lipinski definition) is 4. The van der Waals surface area contributed by atoms with Gasteiger partial charge in [-0.05, 0) is 6.07 Å². The summed E-state index contributed by atoms with van der Waals surface area (Å²) in [6, 6.07) is 7.23. The highest BCUT2D eigenvalue weighted by molar-refractivity contribution is 9.10. The predicted molar refractivity (Wildman–Crippen MR) is 67.8 cm³/mol. The molecule has 0 atom stereocenters. The largest absolute Gasteiger partial charge is 0.468 e. The van der Waals surface area contributed by atoms with Gasteiger partial charge in [0, 0.05) is 10.0 Å². The summed E-state index contributed by atoms with van der Waals surface area (Å²) in [5.74, 6) is 0.163. The number of ketones is 1. The SMILES string of the molecule is COC(=O)CSCC(=O)c1ccccc1Br. The molecule has 0 unspecified atom stereocenters. The summed E-state index contributed by atoms with van der Waals surface area (Å²) in [6.45, 7) is 0. The molecule has 5 heteroatoms. The van der Waals surface area contributed by atoms with Crippen molar-refractivity contribution in [2.24, 2.45) is 0 Å². The Hall–Kier alpha value is -0.810. The van der Waals surface area contributed by atoms with Crippen molar-refractivity contribution in [2.75, 3.05) is 18.6 Å². The van der Waals surface area contributed by atoms with Crippen molar-refractivity contribution in [1.82, 2.24) is 0 Å². The van der Waals surface area contributed by atoms with Gasteiger partial charge in [0.05, 0.1) is 18.6 Å². The van der Waals surface area contributed by atoms with Crippen LogP contribution in [-0.4, -0.2) is 30.4 Å². The number of halogens is 1. The van der Waals surface area contributed by atoms with Gasteiger partial charge in [-0.1, -0.05) is 34.1 Å². The highest BCUT2D eigenvalue weighted by atomic mass is 79.9. The second-order valence-corrected chi connectivity index (χ2v) is 4.81. The Labute approximate surface area is 107 Å². The van der Waals surface area contributed by atoms with E-state index in [1.165, 1.54) is 18.9 Å². The van der Waals surface area contributed by atoms with E-state index in [0.29, 0.717) is 5.56 Å². The first-order chi connectivity index (χ1) is 7.65. The number of esters is 1. The zero-order valence-corrected chi connectivity index (χ0v) is 11.1. The summed E-state index contributed by atoms with van der Waals surface area (Å²) in [4.78, 5) is 22.6. The molecule has 0 bridgehead atoms. The molecule has 0 aliphatic rings. The minimum atomic E-state index is -0.315. The third-order valence-corrected chi connectivity index (χ3v) is 3.45. The van der Waals surface area contributed by atoms with Gasteiger partial charge in [-0.2, -0.15) is 0 Å². The molecule has 0 saturated carbocycles. The Bertz CT molecular complexity index is 393. The lowest BCUT2D eigenvalue weighted by atomic mass is 10.1. The molecule has 0 radical (unpaired) electrons. The smallest absolute Gasteiger partial charge is 0.315 e. The lowest BCUT2D eigenvalue weighted by Crippen LogP contribution is -2.08. The minimum Gasteiger partial charge on any atom is -0.468 e. The second-order valence-electron chi connectivity index (χ2n) is 2.97. The van der Waals surface area contributed by atoms with Crippen LogP contribution >= 0.6 is 27.7 Å². The lowest BCUT2D eigenvalue weighted by molar-refractivity contribution is -0.137. The van der Waals surface area contributed by atoms with Crippen molar-refractivity contribution in [2.45, 2.75) is 0 Å². The van der Waals surface area contributed by atoms with Gasteiger partial charge in [0.25, 0.3) is 0 Å². The first-order valence-electron chi connectivity index (χ1n) is 4.57. The van der Waals surface area contributed by atoms with Crippen LogP contribution in [0.15, 0.2) is 28.7 Å². The summed E-state index contributed by atoms with van der Waals surface area (Å²) in [7, 11) is 1.33. The number of methoxy groups -OCH3 is 1. The highest BCUT2D eigenvalue weighted by Crippen LogP contribution is 2.18. The first kappa shape index (κ1) is 13.3. The number of hydrogen-bond donors (Lipinski definition) is 0. The van der Waals surface area contributed by atoms with E-state index in [2.05, 4.69) is 20.7 Å². The third-order valence-electron chi connectivity index (χ3n) is 1.86. The van der Waals surface area contributed by atoms with Crippen LogP contribution in [0.3, 0.4) is 0 Å². The van der Waals surface area contributed by atoms with E-state index in [9.17, 15) is 9.59 Å². The van der Waals surface area contributed by atoms with Gasteiger partial charge >= 0.3 is 5.97 Å². The number of benzene rings is 1. The van der Waals surface area contributed by atoms with Crippen LogP contribution in [0.25, 0.3) is 0 Å². The molecule has 1 aromatic carbocycles. The van der Waals surface area contributed by atoms with E-state index < -0.39 is 0 Å². The molecule has 1 rings (SSSR count). The van der Waals surface area contributed by atoms with Gasteiger partial charge in [-0.3, -0.25) is 9.59 Å². The first-order valence-corrected chi connectivity index (χ1v) is 6.52. The molecule has 0 saturated heterocycles. The van der Waals surface area contributed by atoms with Crippen LogP contribution in [-0.2, 0) is 9.53 Å². The van der Waals surface area contributed by atoms with E-state index in [-0.39, 0.29) is 23.3 Å². The van der Waals surface area contributed by atoms with E-state index in [4.69, 9.17) is 0 Å². The summed E-state index contributed by atoms with van der Waals surface area (Å²) in [5.41, 5.74) is 0.639. The van der Waals surface area contributed by atoms with Crippen LogP contribution in [0.1, 0.15) is 10.4 Å². The average Bonchev–Trinajstić information content (AvgIpc) is 2.29. The van der Waals surface area contributed by atoms with Crippen LogP contribution < -0.4 is 0 Å². The number of thioether (sulfide) groups is 1. The van der Waals surface area contributed by atoms with E-state index in [1.807, 2.05) is 18.2 Å². The fraction of sp³-hybridized carbons (Fsp3) is 0.273. The Morgan fingerprint density at radius 2 is 2.00 bits per heavy atom. The summed E-state index contributed by atoms with van der Waals surface area (Å²) >= 11 is 4.56. The zero-order valence-electron chi connectivity index (χ0n) is 8.73. The normalized spacial score (nSPS) is 9.88. The molecular formula is C11H11BrO3S. The third kappa shape index (κ3) is 3.98. The molecule has 16 heavy (non-hydrogen) atoms. The molecule has 0 N–H and O–H groups in total. The maximum atomic E-state index is 11.7. The molecule has 86 valence electrons.